The molecule has 1 rings (SSSR count). The maximum atomic E-state index is 5.96. The second kappa shape index (κ2) is 8.93. The number of hydrogen-bond donors (Lipinski definition) is 0. The molecule has 0 radical (unpaired) electrons. The van der Waals surface area contributed by atoms with Crippen LogP contribution in [0.15, 0.2) is 0 Å². The Morgan fingerprint density at radius 2 is 1.50 bits per heavy atom. The van der Waals surface area contributed by atoms with Crippen LogP contribution in [0.3, 0.4) is 0 Å². The first-order chi connectivity index (χ1) is 8.67. The molecule has 108 valence electrons. The van der Waals surface area contributed by atoms with Gasteiger partial charge in [-0.3, -0.25) is 0 Å². The van der Waals surface area contributed by atoms with Gasteiger partial charge in [-0.2, -0.15) is 0 Å². The summed E-state index contributed by atoms with van der Waals surface area (Å²) in [5.41, 5.74) is 0. The molecule has 0 bridgehead atoms. The van der Waals surface area contributed by atoms with Crippen molar-refractivity contribution >= 4 is 31.9 Å². The summed E-state index contributed by atoms with van der Waals surface area (Å²) in [6, 6.07) is 0. The van der Waals surface area contributed by atoms with Crippen LogP contribution in [-0.4, -0.2) is 28.7 Å². The second-order valence-electron chi connectivity index (χ2n) is 4.99. The molecule has 0 aromatic heterocycles. The van der Waals surface area contributed by atoms with Crippen molar-refractivity contribution in [2.45, 2.75) is 74.2 Å². The normalized spacial score (nSPS) is 22.0. The summed E-state index contributed by atoms with van der Waals surface area (Å²) in [6.45, 7) is 5.86. The van der Waals surface area contributed by atoms with E-state index in [4.69, 9.17) is 9.47 Å². The van der Waals surface area contributed by atoms with E-state index in [-0.39, 0.29) is 9.65 Å². The van der Waals surface area contributed by atoms with E-state index < -0.39 is 5.79 Å². The Bertz CT molecular complexity index is 218. The molecule has 0 aromatic carbocycles. The Labute approximate surface area is 128 Å². The van der Waals surface area contributed by atoms with E-state index >= 15 is 0 Å². The molecule has 1 saturated heterocycles. The zero-order chi connectivity index (χ0) is 13.4. The van der Waals surface area contributed by atoms with E-state index in [0.29, 0.717) is 13.2 Å². The maximum absolute atomic E-state index is 5.96. The van der Waals surface area contributed by atoms with Crippen LogP contribution in [0.2, 0.25) is 0 Å². The molecule has 1 aliphatic heterocycles. The first-order valence-electron chi connectivity index (χ1n) is 7.23. The summed E-state index contributed by atoms with van der Waals surface area (Å²) in [5.74, 6) is -0.456. The van der Waals surface area contributed by atoms with Crippen molar-refractivity contribution in [1.82, 2.24) is 0 Å². The van der Waals surface area contributed by atoms with Gasteiger partial charge < -0.3 is 9.47 Å². The van der Waals surface area contributed by atoms with Crippen LogP contribution >= 0.6 is 31.9 Å². The highest BCUT2D eigenvalue weighted by Crippen LogP contribution is 2.40. The van der Waals surface area contributed by atoms with E-state index in [9.17, 15) is 0 Å². The lowest BCUT2D eigenvalue weighted by atomic mass is 10.0. The third kappa shape index (κ3) is 4.46. The molecule has 0 aromatic rings. The van der Waals surface area contributed by atoms with Gasteiger partial charge in [0.25, 0.3) is 0 Å². The van der Waals surface area contributed by atoms with Crippen LogP contribution in [0.25, 0.3) is 0 Å². The Morgan fingerprint density at radius 3 is 2.06 bits per heavy atom. The Hall–Kier alpha value is 0.880. The van der Waals surface area contributed by atoms with E-state index in [0.717, 1.165) is 19.3 Å². The minimum absolute atomic E-state index is 0.271. The van der Waals surface area contributed by atoms with Gasteiger partial charge >= 0.3 is 0 Å². The molecule has 0 N–H and O–H groups in total. The molecule has 18 heavy (non-hydrogen) atoms. The summed E-state index contributed by atoms with van der Waals surface area (Å²) in [4.78, 5) is 0.549. The van der Waals surface area contributed by atoms with Crippen LogP contribution in [0.1, 0.15) is 58.8 Å². The van der Waals surface area contributed by atoms with E-state index in [1.807, 2.05) is 0 Å². The van der Waals surface area contributed by atoms with Gasteiger partial charge in [-0.1, -0.05) is 77.8 Å². The molecule has 0 amide bonds. The molecule has 2 unspecified atom stereocenters. The lowest BCUT2D eigenvalue weighted by Crippen LogP contribution is -2.48. The van der Waals surface area contributed by atoms with Gasteiger partial charge in [0, 0.05) is 0 Å². The molecule has 2 nitrogen and oxygen atoms in total. The largest absolute Gasteiger partial charge is 0.345 e. The minimum atomic E-state index is -0.456. The van der Waals surface area contributed by atoms with Crippen molar-refractivity contribution in [3.05, 3.63) is 0 Å². The summed E-state index contributed by atoms with van der Waals surface area (Å²) in [7, 11) is 0. The Morgan fingerprint density at radius 1 is 0.889 bits per heavy atom. The van der Waals surface area contributed by atoms with Crippen LogP contribution in [-0.2, 0) is 9.47 Å². The fourth-order valence-corrected chi connectivity index (χ4v) is 4.71. The van der Waals surface area contributed by atoms with Gasteiger partial charge in [0.05, 0.1) is 22.9 Å². The maximum Gasteiger partial charge on any atom is 0.193 e. The average Bonchev–Trinajstić information content (AvgIpc) is 2.85. The Balaban J connectivity index is 2.49. The molecule has 0 saturated carbocycles. The van der Waals surface area contributed by atoms with E-state index in [1.54, 1.807) is 0 Å². The highest BCUT2D eigenvalue weighted by atomic mass is 79.9. The van der Waals surface area contributed by atoms with Gasteiger partial charge in [0.2, 0.25) is 0 Å². The van der Waals surface area contributed by atoms with Crippen molar-refractivity contribution in [2.75, 3.05) is 13.2 Å². The van der Waals surface area contributed by atoms with Crippen molar-refractivity contribution in [1.29, 1.82) is 0 Å². The predicted molar refractivity (Wildman–Crippen MR) is 83.7 cm³/mol. The van der Waals surface area contributed by atoms with Gasteiger partial charge in [-0.15, -0.1) is 0 Å². The quantitative estimate of drug-likeness (QED) is 0.409. The first kappa shape index (κ1) is 16.9. The molecule has 1 fully saturated rings. The average molecular weight is 386 g/mol. The molecule has 0 aliphatic carbocycles. The monoisotopic (exact) mass is 384 g/mol. The Kier molecular flexibility index (Phi) is 8.40. The first-order valence-corrected chi connectivity index (χ1v) is 9.06. The number of unbranched alkanes of at least 4 members (excludes halogenated alkanes) is 3. The zero-order valence-electron chi connectivity index (χ0n) is 11.6. The van der Waals surface area contributed by atoms with Crippen molar-refractivity contribution in [2.24, 2.45) is 0 Å². The summed E-state index contributed by atoms with van der Waals surface area (Å²) in [6.07, 6.45) is 8.48. The number of hydrogen-bond acceptors (Lipinski definition) is 2. The van der Waals surface area contributed by atoms with Crippen LogP contribution in [0, 0.1) is 0 Å². The molecule has 1 heterocycles. The SMILES string of the molecule is CCCCCCC(Br)C1(C(Br)CCC)OCCO1. The van der Waals surface area contributed by atoms with Gasteiger partial charge in [0.1, 0.15) is 0 Å². The van der Waals surface area contributed by atoms with Crippen LogP contribution in [0.5, 0.6) is 0 Å². The zero-order valence-corrected chi connectivity index (χ0v) is 14.8. The smallest absolute Gasteiger partial charge is 0.193 e. The van der Waals surface area contributed by atoms with Crippen molar-refractivity contribution in [3.8, 4) is 0 Å². The number of alkyl halides is 2. The van der Waals surface area contributed by atoms with Crippen molar-refractivity contribution in [3.63, 3.8) is 0 Å². The second-order valence-corrected chi connectivity index (χ2v) is 7.20. The summed E-state index contributed by atoms with van der Waals surface area (Å²) >= 11 is 7.57. The minimum Gasteiger partial charge on any atom is -0.345 e. The molecule has 0 spiro atoms. The van der Waals surface area contributed by atoms with Gasteiger partial charge in [0.15, 0.2) is 5.79 Å². The highest BCUT2D eigenvalue weighted by molar-refractivity contribution is 9.10. The van der Waals surface area contributed by atoms with Gasteiger partial charge in [-0.05, 0) is 12.8 Å². The van der Waals surface area contributed by atoms with E-state index in [1.165, 1.54) is 25.7 Å². The summed E-state index contributed by atoms with van der Waals surface area (Å²) < 4.78 is 11.9. The predicted octanol–water partition coefficient (Wildman–Crippen LogP) is 5.03. The summed E-state index contributed by atoms with van der Waals surface area (Å²) in [5, 5.41) is 0. The number of rotatable bonds is 9. The molecule has 1 aliphatic rings. The molecule has 2 atom stereocenters. The van der Waals surface area contributed by atoms with Crippen LogP contribution in [0.4, 0.5) is 0 Å². The molecular formula is C14H26Br2O2. The van der Waals surface area contributed by atoms with Crippen molar-refractivity contribution < 1.29 is 9.47 Å². The molecule has 4 heteroatoms. The number of ether oxygens (including phenoxy) is 2. The fraction of sp³-hybridized carbons (Fsp3) is 1.00. The third-order valence-corrected chi connectivity index (χ3v) is 5.66. The van der Waals surface area contributed by atoms with Crippen LogP contribution < -0.4 is 0 Å². The lowest BCUT2D eigenvalue weighted by Gasteiger charge is -2.36. The lowest BCUT2D eigenvalue weighted by molar-refractivity contribution is -0.156. The van der Waals surface area contributed by atoms with E-state index in [2.05, 4.69) is 45.7 Å². The number of halogens is 2. The third-order valence-electron chi connectivity index (χ3n) is 3.47. The fourth-order valence-electron chi connectivity index (χ4n) is 2.41. The van der Waals surface area contributed by atoms with Gasteiger partial charge in [-0.25, -0.2) is 0 Å². The highest BCUT2D eigenvalue weighted by Gasteiger charge is 2.48. The molecular weight excluding hydrogens is 360 g/mol. The standard InChI is InChI=1S/C14H26Br2O2/c1-3-5-6-7-9-13(16)14(12(15)8-4-2)17-10-11-18-14/h12-13H,3-11H2,1-2H3. The topological polar surface area (TPSA) is 18.5 Å².